The van der Waals surface area contributed by atoms with Gasteiger partial charge in [0.05, 0.1) is 18.5 Å². The van der Waals surface area contributed by atoms with E-state index in [1.165, 1.54) is 12.8 Å². The number of aromatic nitrogens is 2. The van der Waals surface area contributed by atoms with Crippen LogP contribution in [0.3, 0.4) is 0 Å². The first-order valence-electron chi connectivity index (χ1n) is 7.36. The Morgan fingerprint density at radius 1 is 1.24 bits per heavy atom. The normalized spacial score (nSPS) is 17.2. The summed E-state index contributed by atoms with van der Waals surface area (Å²) in [5.74, 6) is 0. The number of nitrogens with one attached hydrogen (secondary N) is 1. The molecule has 2 aromatic rings. The third-order valence-corrected chi connectivity index (χ3v) is 4.51. The minimum Gasteiger partial charge on any atom is -0.394 e. The summed E-state index contributed by atoms with van der Waals surface area (Å²) in [6.07, 6.45) is 8.36. The van der Waals surface area contributed by atoms with Gasteiger partial charge in [0, 0.05) is 28.9 Å². The standard InChI is InChI=1S/C16H20ClN3O/c17-14-3-5-15(6-4-14)20-11-13(10-19-20)9-18-16(12-21)7-1-2-8-16/h3-6,10-11,18,21H,1-2,7-9,12H2. The second-order valence-electron chi connectivity index (χ2n) is 5.77. The maximum Gasteiger partial charge on any atom is 0.0646 e. The molecule has 1 fully saturated rings. The van der Waals surface area contributed by atoms with E-state index in [1.54, 1.807) is 0 Å². The number of nitrogens with zero attached hydrogens (tertiary/aromatic N) is 2. The molecule has 2 N–H and O–H groups in total. The molecule has 0 radical (unpaired) electrons. The topological polar surface area (TPSA) is 50.1 Å². The molecule has 0 atom stereocenters. The Morgan fingerprint density at radius 3 is 2.62 bits per heavy atom. The fourth-order valence-electron chi connectivity index (χ4n) is 2.92. The van der Waals surface area contributed by atoms with Gasteiger partial charge in [-0.15, -0.1) is 0 Å². The molecule has 3 rings (SSSR count). The zero-order chi connectivity index (χ0) is 14.7. The smallest absolute Gasteiger partial charge is 0.0646 e. The summed E-state index contributed by atoms with van der Waals surface area (Å²) < 4.78 is 1.84. The predicted octanol–water partition coefficient (Wildman–Crippen LogP) is 2.92. The van der Waals surface area contributed by atoms with Gasteiger partial charge in [0.1, 0.15) is 0 Å². The van der Waals surface area contributed by atoms with Crippen molar-refractivity contribution in [3.8, 4) is 5.69 Å². The van der Waals surface area contributed by atoms with E-state index in [0.717, 1.165) is 35.7 Å². The summed E-state index contributed by atoms with van der Waals surface area (Å²) in [4.78, 5) is 0. The molecule has 0 bridgehead atoms. The molecule has 1 heterocycles. The van der Waals surface area contributed by atoms with E-state index in [0.29, 0.717) is 0 Å². The molecular weight excluding hydrogens is 286 g/mol. The maximum absolute atomic E-state index is 9.61. The van der Waals surface area contributed by atoms with Crippen molar-refractivity contribution < 1.29 is 5.11 Å². The first-order valence-corrected chi connectivity index (χ1v) is 7.74. The number of hydrogen-bond donors (Lipinski definition) is 2. The van der Waals surface area contributed by atoms with E-state index in [-0.39, 0.29) is 12.1 Å². The molecule has 0 unspecified atom stereocenters. The van der Waals surface area contributed by atoms with Crippen molar-refractivity contribution in [2.45, 2.75) is 37.8 Å². The van der Waals surface area contributed by atoms with Crippen molar-refractivity contribution in [1.29, 1.82) is 0 Å². The van der Waals surface area contributed by atoms with Gasteiger partial charge in [-0.1, -0.05) is 24.4 Å². The quantitative estimate of drug-likeness (QED) is 0.893. The molecule has 0 saturated heterocycles. The van der Waals surface area contributed by atoms with Gasteiger partial charge in [0.25, 0.3) is 0 Å². The van der Waals surface area contributed by atoms with Gasteiger partial charge < -0.3 is 10.4 Å². The van der Waals surface area contributed by atoms with Crippen molar-refractivity contribution in [1.82, 2.24) is 15.1 Å². The molecule has 5 heteroatoms. The molecule has 4 nitrogen and oxygen atoms in total. The minimum absolute atomic E-state index is 0.0949. The molecule has 1 aromatic heterocycles. The zero-order valence-electron chi connectivity index (χ0n) is 11.9. The minimum atomic E-state index is -0.0949. The second kappa shape index (κ2) is 6.18. The molecule has 1 aliphatic rings. The summed E-state index contributed by atoms with van der Waals surface area (Å²) in [6.45, 7) is 0.937. The lowest BCUT2D eigenvalue weighted by molar-refractivity contribution is 0.163. The lowest BCUT2D eigenvalue weighted by atomic mass is 9.99. The van der Waals surface area contributed by atoms with Gasteiger partial charge in [-0.2, -0.15) is 5.10 Å². The Morgan fingerprint density at radius 2 is 1.95 bits per heavy atom. The number of benzene rings is 1. The van der Waals surface area contributed by atoms with Crippen LogP contribution in [0.2, 0.25) is 5.02 Å². The van der Waals surface area contributed by atoms with Crippen LogP contribution in [0.5, 0.6) is 0 Å². The molecule has 1 aromatic carbocycles. The average molecular weight is 306 g/mol. The van der Waals surface area contributed by atoms with Crippen LogP contribution in [0.4, 0.5) is 0 Å². The summed E-state index contributed by atoms with van der Waals surface area (Å²) in [6, 6.07) is 7.60. The Bertz CT molecular complexity index is 588. The molecule has 0 aliphatic heterocycles. The van der Waals surface area contributed by atoms with Crippen LogP contribution in [0.15, 0.2) is 36.7 Å². The predicted molar refractivity (Wildman–Crippen MR) is 83.7 cm³/mol. The first kappa shape index (κ1) is 14.6. The molecule has 0 spiro atoms. The van der Waals surface area contributed by atoms with Crippen molar-refractivity contribution in [3.05, 3.63) is 47.2 Å². The van der Waals surface area contributed by atoms with Crippen LogP contribution in [-0.2, 0) is 6.54 Å². The zero-order valence-corrected chi connectivity index (χ0v) is 12.7. The van der Waals surface area contributed by atoms with Gasteiger partial charge in [-0.05, 0) is 37.1 Å². The van der Waals surface area contributed by atoms with Crippen LogP contribution in [0, 0.1) is 0 Å². The Hall–Kier alpha value is -1.36. The van der Waals surface area contributed by atoms with Crippen molar-refractivity contribution >= 4 is 11.6 Å². The van der Waals surface area contributed by atoms with Gasteiger partial charge in [-0.3, -0.25) is 0 Å². The highest BCUT2D eigenvalue weighted by Gasteiger charge is 2.32. The maximum atomic E-state index is 9.61. The number of halogens is 1. The number of aliphatic hydroxyl groups is 1. The Balaban J connectivity index is 1.66. The van der Waals surface area contributed by atoms with Gasteiger partial charge in [0.15, 0.2) is 0 Å². The summed E-state index contributed by atoms with van der Waals surface area (Å²) in [5.41, 5.74) is 2.01. The highest BCUT2D eigenvalue weighted by molar-refractivity contribution is 6.30. The van der Waals surface area contributed by atoms with Crippen LogP contribution in [0.1, 0.15) is 31.2 Å². The largest absolute Gasteiger partial charge is 0.394 e. The lowest BCUT2D eigenvalue weighted by Gasteiger charge is -2.27. The van der Waals surface area contributed by atoms with Gasteiger partial charge >= 0.3 is 0 Å². The molecule has 112 valence electrons. The van der Waals surface area contributed by atoms with Crippen molar-refractivity contribution in [2.75, 3.05) is 6.61 Å². The van der Waals surface area contributed by atoms with Crippen LogP contribution in [-0.4, -0.2) is 27.0 Å². The monoisotopic (exact) mass is 305 g/mol. The lowest BCUT2D eigenvalue weighted by Crippen LogP contribution is -2.45. The van der Waals surface area contributed by atoms with Gasteiger partial charge in [-0.25, -0.2) is 4.68 Å². The Kier molecular flexibility index (Phi) is 4.29. The number of hydrogen-bond acceptors (Lipinski definition) is 3. The molecule has 0 amide bonds. The van der Waals surface area contributed by atoms with Crippen LogP contribution in [0.25, 0.3) is 5.69 Å². The third-order valence-electron chi connectivity index (χ3n) is 4.26. The van der Waals surface area contributed by atoms with Gasteiger partial charge in [0.2, 0.25) is 0 Å². The van der Waals surface area contributed by atoms with Crippen LogP contribution >= 0.6 is 11.6 Å². The average Bonchev–Trinajstić information content (AvgIpc) is 3.16. The highest BCUT2D eigenvalue weighted by atomic mass is 35.5. The molecule has 21 heavy (non-hydrogen) atoms. The fraction of sp³-hybridized carbons (Fsp3) is 0.438. The molecular formula is C16H20ClN3O. The number of aliphatic hydroxyl groups excluding tert-OH is 1. The fourth-order valence-corrected chi connectivity index (χ4v) is 3.04. The highest BCUT2D eigenvalue weighted by Crippen LogP contribution is 2.29. The SMILES string of the molecule is OCC1(NCc2cnn(-c3ccc(Cl)cc3)c2)CCCC1. The number of rotatable bonds is 5. The summed E-state index contributed by atoms with van der Waals surface area (Å²) >= 11 is 5.89. The van der Waals surface area contributed by atoms with Crippen molar-refractivity contribution in [3.63, 3.8) is 0 Å². The molecule has 1 aliphatic carbocycles. The van der Waals surface area contributed by atoms with E-state index >= 15 is 0 Å². The summed E-state index contributed by atoms with van der Waals surface area (Å²) in [5, 5.41) is 18.2. The third kappa shape index (κ3) is 3.28. The summed E-state index contributed by atoms with van der Waals surface area (Å²) in [7, 11) is 0. The van der Waals surface area contributed by atoms with E-state index < -0.39 is 0 Å². The van der Waals surface area contributed by atoms with Crippen molar-refractivity contribution in [2.24, 2.45) is 0 Å². The van der Waals surface area contributed by atoms with E-state index in [2.05, 4.69) is 10.4 Å². The van der Waals surface area contributed by atoms with E-state index in [1.807, 2.05) is 41.3 Å². The molecule has 1 saturated carbocycles. The van der Waals surface area contributed by atoms with E-state index in [9.17, 15) is 5.11 Å². The first-order chi connectivity index (χ1) is 10.2. The van der Waals surface area contributed by atoms with Crippen LogP contribution < -0.4 is 5.32 Å². The van der Waals surface area contributed by atoms with E-state index in [4.69, 9.17) is 11.6 Å². The Labute approximate surface area is 129 Å². The second-order valence-corrected chi connectivity index (χ2v) is 6.21.